The molecule has 2 N–H and O–H groups in total. The van der Waals surface area contributed by atoms with Crippen LogP contribution < -0.4 is 5.32 Å². The summed E-state index contributed by atoms with van der Waals surface area (Å²) in [5.74, 6) is -0.658. The molecule has 0 spiro atoms. The predicted octanol–water partition coefficient (Wildman–Crippen LogP) is 2.51. The normalized spacial score (nSPS) is 19.6. The van der Waals surface area contributed by atoms with Crippen LogP contribution in [0.3, 0.4) is 0 Å². The van der Waals surface area contributed by atoms with Gasteiger partial charge in [0.15, 0.2) is 0 Å². The van der Waals surface area contributed by atoms with E-state index in [1.54, 1.807) is 11.3 Å². The van der Waals surface area contributed by atoms with Gasteiger partial charge in [-0.25, -0.2) is 0 Å². The summed E-state index contributed by atoms with van der Waals surface area (Å²) in [6, 6.07) is 1.98. The Balaban J connectivity index is 2.20. The predicted molar refractivity (Wildman–Crippen MR) is 67.9 cm³/mol. The van der Waals surface area contributed by atoms with Crippen LogP contribution in [0.4, 0.5) is 0 Å². The van der Waals surface area contributed by atoms with Crippen LogP contribution in [0.15, 0.2) is 15.9 Å². The number of hydrogen-bond acceptors (Lipinski definition) is 3. The Bertz CT molecular complexity index is 385. The Morgan fingerprint density at radius 1 is 1.56 bits per heavy atom. The first-order valence-electron chi connectivity index (χ1n) is 5.30. The molecule has 0 saturated carbocycles. The minimum absolute atomic E-state index is 0.571. The molecule has 1 aromatic heterocycles. The van der Waals surface area contributed by atoms with E-state index >= 15 is 0 Å². The molecule has 0 aliphatic carbocycles. The zero-order valence-electron chi connectivity index (χ0n) is 8.83. The lowest BCUT2D eigenvalue weighted by Gasteiger charge is -2.33. The van der Waals surface area contributed by atoms with Gasteiger partial charge in [0.25, 0.3) is 0 Å². The van der Waals surface area contributed by atoms with Gasteiger partial charge in [0, 0.05) is 9.35 Å². The maximum atomic E-state index is 11.5. The zero-order chi connectivity index (χ0) is 11.6. The van der Waals surface area contributed by atoms with Crippen LogP contribution in [0.1, 0.15) is 17.7 Å². The monoisotopic (exact) mass is 303 g/mol. The molecule has 1 fully saturated rings. The topological polar surface area (TPSA) is 49.3 Å². The number of nitrogens with one attached hydrogen (secondary N) is 1. The lowest BCUT2D eigenvalue weighted by Crippen LogP contribution is -2.43. The van der Waals surface area contributed by atoms with Crippen LogP contribution in [0.2, 0.25) is 0 Å². The van der Waals surface area contributed by atoms with Gasteiger partial charge in [-0.05, 0) is 59.7 Å². The molecule has 0 radical (unpaired) electrons. The third-order valence-corrected chi connectivity index (χ3v) is 5.13. The Morgan fingerprint density at radius 2 is 2.25 bits per heavy atom. The fraction of sp³-hybridized carbons (Fsp3) is 0.545. The third-order valence-electron chi connectivity index (χ3n) is 3.20. The first kappa shape index (κ1) is 12.1. The minimum Gasteiger partial charge on any atom is -0.481 e. The molecule has 1 aliphatic rings. The van der Waals surface area contributed by atoms with Crippen LogP contribution in [0.5, 0.6) is 0 Å². The lowest BCUT2D eigenvalue weighted by atomic mass is 9.76. The average Bonchev–Trinajstić information content (AvgIpc) is 2.65. The lowest BCUT2D eigenvalue weighted by molar-refractivity contribution is -0.150. The molecular formula is C11H14BrNO2S. The van der Waals surface area contributed by atoms with Crippen LogP contribution in [0.25, 0.3) is 0 Å². The first-order chi connectivity index (χ1) is 7.64. The highest BCUT2D eigenvalue weighted by molar-refractivity contribution is 9.10. The summed E-state index contributed by atoms with van der Waals surface area (Å²) in [6.45, 7) is 1.60. The fourth-order valence-electron chi connectivity index (χ4n) is 2.13. The molecule has 2 rings (SSSR count). The van der Waals surface area contributed by atoms with Crippen LogP contribution in [0, 0.1) is 5.41 Å². The van der Waals surface area contributed by atoms with Crippen LogP contribution >= 0.6 is 27.3 Å². The van der Waals surface area contributed by atoms with Crippen molar-refractivity contribution in [3.8, 4) is 0 Å². The Labute approximate surface area is 107 Å². The molecule has 0 amide bonds. The summed E-state index contributed by atoms with van der Waals surface area (Å²) in [5.41, 5.74) is -0.571. The third kappa shape index (κ3) is 2.31. The van der Waals surface area contributed by atoms with Gasteiger partial charge < -0.3 is 10.4 Å². The smallest absolute Gasteiger partial charge is 0.310 e. The van der Waals surface area contributed by atoms with Gasteiger partial charge >= 0.3 is 5.97 Å². The summed E-state index contributed by atoms with van der Waals surface area (Å²) in [4.78, 5) is 12.6. The van der Waals surface area contributed by atoms with E-state index in [1.807, 2.05) is 11.4 Å². The molecule has 1 aliphatic heterocycles. The van der Waals surface area contributed by atoms with Crippen molar-refractivity contribution >= 4 is 33.2 Å². The van der Waals surface area contributed by atoms with Crippen LogP contribution in [-0.4, -0.2) is 24.2 Å². The maximum absolute atomic E-state index is 11.5. The van der Waals surface area contributed by atoms with Crippen molar-refractivity contribution in [2.24, 2.45) is 5.41 Å². The largest absolute Gasteiger partial charge is 0.481 e. The highest BCUT2D eigenvalue weighted by atomic mass is 79.9. The van der Waals surface area contributed by atoms with E-state index in [4.69, 9.17) is 0 Å². The van der Waals surface area contributed by atoms with Crippen LogP contribution in [-0.2, 0) is 11.2 Å². The Kier molecular flexibility index (Phi) is 3.66. The molecule has 5 heteroatoms. The van der Waals surface area contributed by atoms with Crippen molar-refractivity contribution in [3.63, 3.8) is 0 Å². The SMILES string of the molecule is O=C(O)C1(Cc2sccc2Br)CCNCC1. The number of aliphatic carboxylic acids is 1. The van der Waals surface area contributed by atoms with Crippen molar-refractivity contribution in [2.75, 3.05) is 13.1 Å². The summed E-state index contributed by atoms with van der Waals surface area (Å²) in [6.07, 6.45) is 2.07. The molecule has 88 valence electrons. The molecular weight excluding hydrogens is 290 g/mol. The molecule has 1 saturated heterocycles. The fourth-order valence-corrected chi connectivity index (χ4v) is 3.77. The van der Waals surface area contributed by atoms with E-state index in [9.17, 15) is 9.90 Å². The molecule has 0 unspecified atom stereocenters. The van der Waals surface area contributed by atoms with E-state index in [2.05, 4.69) is 21.2 Å². The average molecular weight is 304 g/mol. The quantitative estimate of drug-likeness (QED) is 0.902. The first-order valence-corrected chi connectivity index (χ1v) is 6.97. The number of carboxylic acid groups (broad SMARTS) is 1. The summed E-state index contributed by atoms with van der Waals surface area (Å²) in [7, 11) is 0. The second kappa shape index (κ2) is 4.85. The summed E-state index contributed by atoms with van der Waals surface area (Å²) in [5, 5.41) is 14.7. The number of hydrogen-bond donors (Lipinski definition) is 2. The molecule has 16 heavy (non-hydrogen) atoms. The highest BCUT2D eigenvalue weighted by Gasteiger charge is 2.40. The number of piperidine rings is 1. The Hall–Kier alpha value is -0.390. The number of carbonyl (C=O) groups is 1. The van der Waals surface area contributed by atoms with E-state index < -0.39 is 11.4 Å². The molecule has 0 bridgehead atoms. The van der Waals surface area contributed by atoms with E-state index in [-0.39, 0.29) is 0 Å². The summed E-state index contributed by atoms with van der Waals surface area (Å²) >= 11 is 5.10. The molecule has 1 aromatic rings. The molecule has 0 aromatic carbocycles. The molecule has 2 heterocycles. The van der Waals surface area contributed by atoms with E-state index in [0.29, 0.717) is 19.3 Å². The van der Waals surface area contributed by atoms with Crippen molar-refractivity contribution < 1.29 is 9.90 Å². The van der Waals surface area contributed by atoms with Gasteiger partial charge in [0.2, 0.25) is 0 Å². The highest BCUT2D eigenvalue weighted by Crippen LogP contribution is 2.37. The van der Waals surface area contributed by atoms with Gasteiger partial charge in [0.05, 0.1) is 5.41 Å². The van der Waals surface area contributed by atoms with Crippen molar-refractivity contribution in [1.82, 2.24) is 5.32 Å². The van der Waals surface area contributed by atoms with Gasteiger partial charge in [-0.3, -0.25) is 4.79 Å². The second-order valence-electron chi connectivity index (χ2n) is 4.20. The second-order valence-corrected chi connectivity index (χ2v) is 6.06. The summed E-state index contributed by atoms with van der Waals surface area (Å²) < 4.78 is 1.04. The van der Waals surface area contributed by atoms with Gasteiger partial charge in [-0.15, -0.1) is 11.3 Å². The molecule has 0 atom stereocenters. The minimum atomic E-state index is -0.658. The number of halogens is 1. The number of thiophene rings is 1. The van der Waals surface area contributed by atoms with Gasteiger partial charge in [0.1, 0.15) is 0 Å². The maximum Gasteiger partial charge on any atom is 0.310 e. The standard InChI is InChI=1S/C11H14BrNO2S/c12-8-1-6-16-9(8)7-11(10(14)15)2-4-13-5-3-11/h1,6,13H,2-5,7H2,(H,14,15). The van der Waals surface area contributed by atoms with Gasteiger partial charge in [-0.2, -0.15) is 0 Å². The van der Waals surface area contributed by atoms with E-state index in [0.717, 1.165) is 22.4 Å². The Morgan fingerprint density at radius 3 is 2.75 bits per heavy atom. The number of rotatable bonds is 3. The van der Waals surface area contributed by atoms with Crippen molar-refractivity contribution in [1.29, 1.82) is 0 Å². The zero-order valence-corrected chi connectivity index (χ0v) is 11.2. The number of carboxylic acids is 1. The van der Waals surface area contributed by atoms with E-state index in [1.165, 1.54) is 0 Å². The van der Waals surface area contributed by atoms with Crippen molar-refractivity contribution in [2.45, 2.75) is 19.3 Å². The molecule has 3 nitrogen and oxygen atoms in total. The van der Waals surface area contributed by atoms with Gasteiger partial charge in [-0.1, -0.05) is 0 Å². The van der Waals surface area contributed by atoms with Crippen molar-refractivity contribution in [3.05, 3.63) is 20.8 Å².